The van der Waals surface area contributed by atoms with Gasteiger partial charge in [0.2, 0.25) is 5.91 Å². The second-order valence-corrected chi connectivity index (χ2v) is 5.27. The molecule has 1 unspecified atom stereocenters. The summed E-state index contributed by atoms with van der Waals surface area (Å²) in [5.41, 5.74) is 1.33. The number of benzene rings is 1. The van der Waals surface area contributed by atoms with Gasteiger partial charge in [0.1, 0.15) is 0 Å². The van der Waals surface area contributed by atoms with Crippen molar-refractivity contribution in [3.63, 3.8) is 0 Å². The van der Waals surface area contributed by atoms with Gasteiger partial charge in [0, 0.05) is 25.3 Å². The Bertz CT molecular complexity index is 476. The van der Waals surface area contributed by atoms with Crippen molar-refractivity contribution in [3.05, 3.63) is 29.8 Å². The third-order valence-electron chi connectivity index (χ3n) is 3.43. The smallest absolute Gasteiger partial charge is 0.253 e. The number of nitrogens with zero attached hydrogens (tertiary/aromatic N) is 1. The van der Waals surface area contributed by atoms with E-state index in [1.54, 1.807) is 38.4 Å². The molecule has 2 rings (SSSR count). The molecule has 0 radical (unpaired) electrons. The molecule has 1 heterocycles. The molecule has 1 atom stereocenters. The molecule has 0 aromatic heterocycles. The topological polar surface area (TPSA) is 61.4 Å². The summed E-state index contributed by atoms with van der Waals surface area (Å²) in [6, 6.07) is 6.87. The number of anilines is 1. The van der Waals surface area contributed by atoms with Gasteiger partial charge >= 0.3 is 0 Å². The van der Waals surface area contributed by atoms with Crippen molar-refractivity contribution in [2.24, 2.45) is 0 Å². The summed E-state index contributed by atoms with van der Waals surface area (Å²) in [5, 5.41) is 6.09. The van der Waals surface area contributed by atoms with E-state index in [0.717, 1.165) is 31.5 Å². The van der Waals surface area contributed by atoms with Gasteiger partial charge in [-0.3, -0.25) is 9.59 Å². The molecule has 108 valence electrons. The highest BCUT2D eigenvalue weighted by Gasteiger charge is 2.20. The number of hydrogen-bond acceptors (Lipinski definition) is 3. The summed E-state index contributed by atoms with van der Waals surface area (Å²) in [7, 11) is 3.43. The largest absolute Gasteiger partial charge is 0.345 e. The van der Waals surface area contributed by atoms with Crippen LogP contribution in [0.1, 0.15) is 29.6 Å². The quantitative estimate of drug-likeness (QED) is 0.878. The Morgan fingerprint density at radius 1 is 1.20 bits per heavy atom. The van der Waals surface area contributed by atoms with Crippen LogP contribution in [0.2, 0.25) is 0 Å². The molecule has 0 aliphatic carbocycles. The first-order chi connectivity index (χ1) is 9.58. The van der Waals surface area contributed by atoms with Crippen LogP contribution in [0, 0.1) is 0 Å². The minimum absolute atomic E-state index is 0.00335. The number of carbonyl (C=O) groups excluding carboxylic acids is 2. The van der Waals surface area contributed by atoms with Gasteiger partial charge in [0.05, 0.1) is 6.04 Å². The maximum absolute atomic E-state index is 12.0. The number of hydrogen-bond donors (Lipinski definition) is 2. The van der Waals surface area contributed by atoms with E-state index in [1.807, 2.05) is 0 Å². The van der Waals surface area contributed by atoms with Gasteiger partial charge < -0.3 is 15.5 Å². The summed E-state index contributed by atoms with van der Waals surface area (Å²) in [6.07, 6.45) is 3.09. The number of rotatable bonds is 3. The van der Waals surface area contributed by atoms with Gasteiger partial charge in [-0.1, -0.05) is 6.42 Å². The average Bonchev–Trinajstić information content (AvgIpc) is 2.48. The number of nitrogens with one attached hydrogen (secondary N) is 2. The van der Waals surface area contributed by atoms with E-state index in [0.29, 0.717) is 5.56 Å². The van der Waals surface area contributed by atoms with Gasteiger partial charge in [-0.2, -0.15) is 0 Å². The van der Waals surface area contributed by atoms with E-state index in [1.165, 1.54) is 4.90 Å². The fourth-order valence-electron chi connectivity index (χ4n) is 2.26. The van der Waals surface area contributed by atoms with Gasteiger partial charge in [0.15, 0.2) is 0 Å². The molecule has 1 aromatic carbocycles. The van der Waals surface area contributed by atoms with Crippen molar-refractivity contribution in [1.82, 2.24) is 10.2 Å². The lowest BCUT2D eigenvalue weighted by Gasteiger charge is -2.22. The first-order valence-corrected chi connectivity index (χ1v) is 6.94. The minimum atomic E-state index is -0.105. The molecule has 1 saturated heterocycles. The normalized spacial score (nSPS) is 18.4. The van der Waals surface area contributed by atoms with Crippen molar-refractivity contribution in [3.8, 4) is 0 Å². The van der Waals surface area contributed by atoms with Crippen molar-refractivity contribution in [1.29, 1.82) is 0 Å². The van der Waals surface area contributed by atoms with Crippen molar-refractivity contribution < 1.29 is 9.59 Å². The predicted octanol–water partition coefficient (Wildman–Crippen LogP) is 1.47. The highest BCUT2D eigenvalue weighted by atomic mass is 16.2. The zero-order valence-corrected chi connectivity index (χ0v) is 12.0. The second-order valence-electron chi connectivity index (χ2n) is 5.27. The molecular formula is C15H21N3O2. The molecule has 1 aliphatic rings. The first kappa shape index (κ1) is 14.5. The Labute approximate surface area is 119 Å². The summed E-state index contributed by atoms with van der Waals surface area (Å²) in [5.74, 6) is -0.0480. The SMILES string of the molecule is CN(C)C(=O)c1ccc(NC(=O)C2CCCCN2)cc1. The Balaban J connectivity index is 1.96. The highest BCUT2D eigenvalue weighted by molar-refractivity contribution is 5.97. The van der Waals surface area contributed by atoms with Gasteiger partial charge in [0.25, 0.3) is 5.91 Å². The Kier molecular flexibility index (Phi) is 4.74. The van der Waals surface area contributed by atoms with Gasteiger partial charge in [-0.05, 0) is 43.7 Å². The second kappa shape index (κ2) is 6.52. The molecule has 5 heteroatoms. The lowest BCUT2D eigenvalue weighted by molar-refractivity contribution is -0.118. The van der Waals surface area contributed by atoms with Crippen LogP contribution in [-0.4, -0.2) is 43.4 Å². The number of amides is 2. The Morgan fingerprint density at radius 2 is 1.90 bits per heavy atom. The predicted molar refractivity (Wildman–Crippen MR) is 78.7 cm³/mol. The zero-order valence-electron chi connectivity index (χ0n) is 12.0. The lowest BCUT2D eigenvalue weighted by atomic mass is 10.0. The third kappa shape index (κ3) is 3.57. The monoisotopic (exact) mass is 275 g/mol. The van der Waals surface area contributed by atoms with Crippen molar-refractivity contribution >= 4 is 17.5 Å². The fourth-order valence-corrected chi connectivity index (χ4v) is 2.26. The summed E-state index contributed by atoms with van der Waals surface area (Å²) < 4.78 is 0. The van der Waals surface area contributed by atoms with E-state index < -0.39 is 0 Å². The molecular weight excluding hydrogens is 254 g/mol. The summed E-state index contributed by atoms with van der Waals surface area (Å²) in [6.45, 7) is 0.897. The summed E-state index contributed by atoms with van der Waals surface area (Å²) >= 11 is 0. The molecule has 0 spiro atoms. The van der Waals surface area contributed by atoms with Gasteiger partial charge in [-0.15, -0.1) is 0 Å². The molecule has 0 saturated carbocycles. The summed E-state index contributed by atoms with van der Waals surface area (Å²) in [4.78, 5) is 25.3. The van der Waals surface area contributed by atoms with E-state index in [9.17, 15) is 9.59 Å². The van der Waals surface area contributed by atoms with Crippen LogP contribution in [-0.2, 0) is 4.79 Å². The van der Waals surface area contributed by atoms with Crippen LogP contribution >= 0.6 is 0 Å². The van der Waals surface area contributed by atoms with Crippen LogP contribution in [0.4, 0.5) is 5.69 Å². The molecule has 20 heavy (non-hydrogen) atoms. The number of piperidine rings is 1. The fraction of sp³-hybridized carbons (Fsp3) is 0.467. The van der Waals surface area contributed by atoms with Crippen LogP contribution in [0.3, 0.4) is 0 Å². The Morgan fingerprint density at radius 3 is 2.45 bits per heavy atom. The van der Waals surface area contributed by atoms with E-state index in [4.69, 9.17) is 0 Å². The maximum Gasteiger partial charge on any atom is 0.253 e. The molecule has 0 bridgehead atoms. The molecule has 1 aliphatic heterocycles. The maximum atomic E-state index is 12.0. The number of carbonyl (C=O) groups is 2. The van der Waals surface area contributed by atoms with E-state index in [2.05, 4.69) is 10.6 Å². The zero-order chi connectivity index (χ0) is 14.5. The van der Waals surface area contributed by atoms with Crippen molar-refractivity contribution in [2.45, 2.75) is 25.3 Å². The van der Waals surface area contributed by atoms with E-state index >= 15 is 0 Å². The first-order valence-electron chi connectivity index (χ1n) is 6.94. The van der Waals surface area contributed by atoms with E-state index in [-0.39, 0.29) is 17.9 Å². The highest BCUT2D eigenvalue weighted by Crippen LogP contribution is 2.13. The van der Waals surface area contributed by atoms with Gasteiger partial charge in [-0.25, -0.2) is 0 Å². The lowest BCUT2D eigenvalue weighted by Crippen LogP contribution is -2.43. The molecule has 2 N–H and O–H groups in total. The van der Waals surface area contributed by atoms with Crippen LogP contribution < -0.4 is 10.6 Å². The van der Waals surface area contributed by atoms with Crippen LogP contribution in [0.15, 0.2) is 24.3 Å². The van der Waals surface area contributed by atoms with Crippen LogP contribution in [0.25, 0.3) is 0 Å². The Hall–Kier alpha value is -1.88. The van der Waals surface area contributed by atoms with Crippen molar-refractivity contribution in [2.75, 3.05) is 26.0 Å². The molecule has 5 nitrogen and oxygen atoms in total. The standard InChI is InChI=1S/C15H21N3O2/c1-18(2)15(20)11-6-8-12(9-7-11)17-14(19)13-5-3-4-10-16-13/h6-9,13,16H,3-5,10H2,1-2H3,(H,17,19). The molecule has 1 fully saturated rings. The molecule has 2 amide bonds. The minimum Gasteiger partial charge on any atom is -0.345 e. The third-order valence-corrected chi connectivity index (χ3v) is 3.43. The average molecular weight is 275 g/mol. The van der Waals surface area contributed by atoms with Crippen LogP contribution in [0.5, 0.6) is 0 Å². The molecule has 1 aromatic rings.